The van der Waals surface area contributed by atoms with Crippen LogP contribution in [0.25, 0.3) is 0 Å². The zero-order valence-corrected chi connectivity index (χ0v) is 19.1. The summed E-state index contributed by atoms with van der Waals surface area (Å²) in [6.45, 7) is 12.6. The minimum atomic E-state index is 0.780. The molecule has 0 spiro atoms. The van der Waals surface area contributed by atoms with Crippen LogP contribution < -0.4 is 10.6 Å². The molecule has 3 rings (SSSR count). The third-order valence-electron chi connectivity index (χ3n) is 5.90. The number of likely N-dealkylation sites (tertiary alicyclic amines) is 1. The molecular formula is C24H38N6. The molecule has 1 saturated heterocycles. The maximum Gasteiger partial charge on any atom is 0.191 e. The summed E-state index contributed by atoms with van der Waals surface area (Å²) < 4.78 is 2.07. The van der Waals surface area contributed by atoms with Crippen LogP contribution in [0.3, 0.4) is 0 Å². The fraction of sp³-hybridized carbons (Fsp3) is 0.583. The zero-order chi connectivity index (χ0) is 21.3. The second-order valence-corrected chi connectivity index (χ2v) is 8.63. The average molecular weight is 411 g/mol. The number of rotatable bonds is 8. The van der Waals surface area contributed by atoms with E-state index in [-0.39, 0.29) is 0 Å². The van der Waals surface area contributed by atoms with Crippen molar-refractivity contribution in [2.24, 2.45) is 10.9 Å². The van der Waals surface area contributed by atoms with Gasteiger partial charge in [-0.05, 0) is 69.3 Å². The summed E-state index contributed by atoms with van der Waals surface area (Å²) in [5.41, 5.74) is 4.99. The first-order valence-electron chi connectivity index (χ1n) is 11.3. The van der Waals surface area contributed by atoms with Crippen LogP contribution in [0.5, 0.6) is 0 Å². The summed E-state index contributed by atoms with van der Waals surface area (Å²) in [6, 6.07) is 11.0. The highest BCUT2D eigenvalue weighted by atomic mass is 15.3. The van der Waals surface area contributed by atoms with Gasteiger partial charge in [-0.25, -0.2) is 0 Å². The van der Waals surface area contributed by atoms with Crippen molar-refractivity contribution >= 4 is 5.96 Å². The number of benzene rings is 1. The molecule has 30 heavy (non-hydrogen) atoms. The van der Waals surface area contributed by atoms with Crippen LogP contribution in [0.15, 0.2) is 35.3 Å². The molecule has 0 amide bonds. The van der Waals surface area contributed by atoms with Crippen LogP contribution in [0.1, 0.15) is 48.7 Å². The number of hydrogen-bond donors (Lipinski definition) is 2. The van der Waals surface area contributed by atoms with E-state index in [1.807, 2.05) is 14.0 Å². The monoisotopic (exact) mass is 410 g/mol. The van der Waals surface area contributed by atoms with E-state index in [0.29, 0.717) is 0 Å². The van der Waals surface area contributed by atoms with Gasteiger partial charge in [0.05, 0.1) is 5.69 Å². The molecular weight excluding hydrogens is 372 g/mol. The first-order chi connectivity index (χ1) is 14.5. The average Bonchev–Trinajstić information content (AvgIpc) is 3.06. The van der Waals surface area contributed by atoms with Crippen LogP contribution in [0, 0.1) is 19.8 Å². The first kappa shape index (κ1) is 22.3. The molecule has 1 aliphatic heterocycles. The van der Waals surface area contributed by atoms with Crippen LogP contribution in [0.4, 0.5) is 0 Å². The van der Waals surface area contributed by atoms with Crippen molar-refractivity contribution < 1.29 is 0 Å². The quantitative estimate of drug-likeness (QED) is 0.397. The number of piperidine rings is 1. The van der Waals surface area contributed by atoms with Crippen molar-refractivity contribution in [3.05, 3.63) is 52.8 Å². The lowest BCUT2D eigenvalue weighted by atomic mass is 9.98. The maximum atomic E-state index is 4.52. The molecule has 0 aliphatic carbocycles. The molecule has 1 aromatic heterocycles. The van der Waals surface area contributed by atoms with Crippen LogP contribution >= 0.6 is 0 Å². The van der Waals surface area contributed by atoms with E-state index in [1.54, 1.807) is 0 Å². The lowest BCUT2D eigenvalue weighted by Gasteiger charge is -2.30. The normalized spacial score (nSPS) is 16.1. The molecule has 0 bridgehead atoms. The summed E-state index contributed by atoms with van der Waals surface area (Å²) in [6.07, 6.45) is 3.65. The Balaban J connectivity index is 1.40. The highest BCUT2D eigenvalue weighted by Gasteiger charge is 2.15. The second-order valence-electron chi connectivity index (χ2n) is 8.63. The van der Waals surface area contributed by atoms with Gasteiger partial charge in [-0.2, -0.15) is 5.10 Å². The molecule has 1 fully saturated rings. The van der Waals surface area contributed by atoms with Gasteiger partial charge in [-0.1, -0.05) is 31.2 Å². The topological polar surface area (TPSA) is 57.5 Å². The van der Waals surface area contributed by atoms with Gasteiger partial charge in [-0.15, -0.1) is 0 Å². The standard InChI is InChI=1S/C24H38N6/c1-19-9-13-29(14-10-19)18-23-8-5-7-22(16-23)17-27-24(25-4)26-11-6-12-30-21(3)15-20(2)28-30/h5,7-8,15-16,19H,6,9-14,17-18H2,1-4H3,(H2,25,26,27). The van der Waals surface area contributed by atoms with Gasteiger partial charge in [0.2, 0.25) is 0 Å². The molecule has 6 heteroatoms. The fourth-order valence-corrected chi connectivity index (χ4v) is 4.06. The number of nitrogens with zero attached hydrogens (tertiary/aromatic N) is 4. The van der Waals surface area contributed by atoms with Gasteiger partial charge in [0.25, 0.3) is 0 Å². The Morgan fingerprint density at radius 1 is 1.13 bits per heavy atom. The number of aliphatic imine (C=N–C) groups is 1. The van der Waals surface area contributed by atoms with Crippen LogP contribution in [-0.4, -0.2) is 47.3 Å². The molecule has 2 N–H and O–H groups in total. The van der Waals surface area contributed by atoms with E-state index in [1.165, 1.54) is 42.8 Å². The predicted molar refractivity (Wildman–Crippen MR) is 125 cm³/mol. The number of nitrogens with one attached hydrogen (secondary N) is 2. The molecule has 0 unspecified atom stereocenters. The van der Waals surface area contributed by atoms with Gasteiger partial charge in [0.1, 0.15) is 0 Å². The Bertz CT molecular complexity index is 817. The van der Waals surface area contributed by atoms with Crippen LogP contribution in [-0.2, 0) is 19.6 Å². The molecule has 0 radical (unpaired) electrons. The van der Waals surface area contributed by atoms with Crippen molar-refractivity contribution in [3.63, 3.8) is 0 Å². The maximum absolute atomic E-state index is 4.52. The Kier molecular flexibility index (Phi) is 8.31. The molecule has 2 aromatic rings. The minimum Gasteiger partial charge on any atom is -0.356 e. The Morgan fingerprint density at radius 2 is 1.90 bits per heavy atom. The van der Waals surface area contributed by atoms with E-state index in [2.05, 4.69) is 74.5 Å². The van der Waals surface area contributed by atoms with E-state index in [0.717, 1.165) is 50.2 Å². The zero-order valence-electron chi connectivity index (χ0n) is 19.1. The molecule has 6 nitrogen and oxygen atoms in total. The van der Waals surface area contributed by atoms with Crippen LogP contribution in [0.2, 0.25) is 0 Å². The third-order valence-corrected chi connectivity index (χ3v) is 5.90. The van der Waals surface area contributed by atoms with Gasteiger partial charge in [0, 0.05) is 38.9 Å². The highest BCUT2D eigenvalue weighted by molar-refractivity contribution is 5.79. The molecule has 2 heterocycles. The van der Waals surface area contributed by atoms with Crippen molar-refractivity contribution in [2.75, 3.05) is 26.7 Å². The van der Waals surface area contributed by atoms with E-state index >= 15 is 0 Å². The largest absolute Gasteiger partial charge is 0.356 e. The lowest BCUT2D eigenvalue weighted by Crippen LogP contribution is -2.37. The van der Waals surface area contributed by atoms with Crippen molar-refractivity contribution in [2.45, 2.75) is 59.7 Å². The second kappa shape index (κ2) is 11.2. The SMILES string of the molecule is CN=C(NCCCn1nc(C)cc1C)NCc1cccc(CN2CCC(C)CC2)c1. The summed E-state index contributed by atoms with van der Waals surface area (Å²) in [7, 11) is 1.82. The predicted octanol–water partition coefficient (Wildman–Crippen LogP) is 3.49. The minimum absolute atomic E-state index is 0.780. The number of aryl methyl sites for hydroxylation is 3. The van der Waals surface area contributed by atoms with E-state index < -0.39 is 0 Å². The smallest absolute Gasteiger partial charge is 0.191 e. The lowest BCUT2D eigenvalue weighted by molar-refractivity contribution is 0.185. The number of hydrogen-bond acceptors (Lipinski definition) is 3. The van der Waals surface area contributed by atoms with E-state index in [9.17, 15) is 0 Å². The summed E-state index contributed by atoms with van der Waals surface area (Å²) in [4.78, 5) is 6.94. The Labute approximate surface area is 181 Å². The van der Waals surface area contributed by atoms with Gasteiger partial charge < -0.3 is 10.6 Å². The summed E-state index contributed by atoms with van der Waals surface area (Å²) in [5.74, 6) is 1.72. The third kappa shape index (κ3) is 6.87. The van der Waals surface area contributed by atoms with Gasteiger partial charge in [-0.3, -0.25) is 14.6 Å². The molecule has 0 atom stereocenters. The molecule has 0 saturated carbocycles. The number of guanidine groups is 1. The highest BCUT2D eigenvalue weighted by Crippen LogP contribution is 2.18. The van der Waals surface area contributed by atoms with Crippen molar-refractivity contribution in [1.82, 2.24) is 25.3 Å². The first-order valence-corrected chi connectivity index (χ1v) is 11.3. The summed E-state index contributed by atoms with van der Waals surface area (Å²) >= 11 is 0. The number of aromatic nitrogens is 2. The Morgan fingerprint density at radius 3 is 2.60 bits per heavy atom. The Hall–Kier alpha value is -2.34. The summed E-state index contributed by atoms with van der Waals surface area (Å²) in [5, 5.41) is 11.4. The van der Waals surface area contributed by atoms with Crippen molar-refractivity contribution in [3.8, 4) is 0 Å². The van der Waals surface area contributed by atoms with Gasteiger partial charge >= 0.3 is 0 Å². The molecule has 164 valence electrons. The van der Waals surface area contributed by atoms with Crippen molar-refractivity contribution in [1.29, 1.82) is 0 Å². The molecule has 1 aromatic carbocycles. The van der Waals surface area contributed by atoms with Gasteiger partial charge in [0.15, 0.2) is 5.96 Å². The van der Waals surface area contributed by atoms with E-state index in [4.69, 9.17) is 0 Å². The molecule has 1 aliphatic rings. The fourth-order valence-electron chi connectivity index (χ4n) is 4.06.